The summed E-state index contributed by atoms with van der Waals surface area (Å²) in [5.74, 6) is 3.31. The molecular weight excluding hydrogens is 286 g/mol. The number of rotatable bonds is 8. The summed E-state index contributed by atoms with van der Waals surface area (Å²) >= 11 is 0. The molecule has 1 aromatic carbocycles. The minimum absolute atomic E-state index is 0.767. The Labute approximate surface area is 137 Å². The summed E-state index contributed by atoms with van der Waals surface area (Å²) < 4.78 is 5.49. The molecule has 4 heteroatoms. The van der Waals surface area contributed by atoms with Gasteiger partial charge >= 0.3 is 0 Å². The fourth-order valence-corrected chi connectivity index (χ4v) is 3.28. The molecule has 0 amide bonds. The van der Waals surface area contributed by atoms with Gasteiger partial charge in [0.15, 0.2) is 5.82 Å². The summed E-state index contributed by atoms with van der Waals surface area (Å²) in [5, 5.41) is 4.16. The van der Waals surface area contributed by atoms with Gasteiger partial charge in [0.2, 0.25) is 5.89 Å². The van der Waals surface area contributed by atoms with Crippen molar-refractivity contribution in [3.8, 4) is 0 Å². The van der Waals surface area contributed by atoms with E-state index in [2.05, 4.69) is 45.4 Å². The van der Waals surface area contributed by atoms with Crippen LogP contribution in [0.4, 0.5) is 0 Å². The molecular formula is C19H25N3O. The molecule has 2 aliphatic carbocycles. The highest BCUT2D eigenvalue weighted by Gasteiger charge is 2.25. The largest absolute Gasteiger partial charge is 0.338 e. The van der Waals surface area contributed by atoms with Crippen molar-refractivity contribution in [1.82, 2.24) is 15.0 Å². The Balaban J connectivity index is 1.40. The lowest BCUT2D eigenvalue weighted by Gasteiger charge is -2.31. The SMILES string of the molecule is c1ccc(CN(Cc2nc(CC3CC3)no2)CC2CCC2)cc1. The highest BCUT2D eigenvalue weighted by Crippen LogP contribution is 2.32. The van der Waals surface area contributed by atoms with Crippen molar-refractivity contribution in [2.24, 2.45) is 11.8 Å². The summed E-state index contributed by atoms with van der Waals surface area (Å²) in [6, 6.07) is 10.7. The van der Waals surface area contributed by atoms with E-state index in [1.54, 1.807) is 0 Å². The molecule has 0 radical (unpaired) electrons. The van der Waals surface area contributed by atoms with E-state index in [0.717, 1.165) is 49.6 Å². The quantitative estimate of drug-likeness (QED) is 0.743. The van der Waals surface area contributed by atoms with Crippen LogP contribution in [0.5, 0.6) is 0 Å². The molecule has 122 valence electrons. The summed E-state index contributed by atoms with van der Waals surface area (Å²) in [7, 11) is 0. The second-order valence-corrected chi connectivity index (χ2v) is 7.20. The van der Waals surface area contributed by atoms with E-state index >= 15 is 0 Å². The first-order valence-electron chi connectivity index (χ1n) is 8.93. The Hall–Kier alpha value is -1.68. The number of benzene rings is 1. The standard InChI is InChI=1S/C19H25N3O/c1-2-5-16(6-3-1)12-22(13-17-7-4-8-17)14-19-20-18(21-23-19)11-15-9-10-15/h1-3,5-6,15,17H,4,7-14H2. The third-order valence-electron chi connectivity index (χ3n) is 5.03. The van der Waals surface area contributed by atoms with Crippen molar-refractivity contribution in [3.63, 3.8) is 0 Å². The zero-order valence-electron chi connectivity index (χ0n) is 13.7. The molecule has 0 saturated heterocycles. The number of aromatic nitrogens is 2. The molecule has 4 nitrogen and oxygen atoms in total. The highest BCUT2D eigenvalue weighted by molar-refractivity contribution is 5.14. The molecule has 2 fully saturated rings. The average Bonchev–Trinajstić information content (AvgIpc) is 3.22. The molecule has 0 bridgehead atoms. The van der Waals surface area contributed by atoms with Gasteiger partial charge in [-0.25, -0.2) is 0 Å². The maximum Gasteiger partial charge on any atom is 0.240 e. The Kier molecular flexibility index (Phi) is 4.42. The summed E-state index contributed by atoms with van der Waals surface area (Å²) in [6.45, 7) is 2.86. The first kappa shape index (κ1) is 14.9. The first-order chi connectivity index (χ1) is 11.3. The molecule has 0 atom stereocenters. The van der Waals surface area contributed by atoms with E-state index in [9.17, 15) is 0 Å². The van der Waals surface area contributed by atoms with E-state index in [4.69, 9.17) is 4.52 Å². The smallest absolute Gasteiger partial charge is 0.240 e. The monoisotopic (exact) mass is 311 g/mol. The summed E-state index contributed by atoms with van der Waals surface area (Å²) in [5.41, 5.74) is 1.35. The Bertz CT molecular complexity index is 617. The molecule has 0 spiro atoms. The van der Waals surface area contributed by atoms with Crippen molar-refractivity contribution in [1.29, 1.82) is 0 Å². The van der Waals surface area contributed by atoms with E-state index < -0.39 is 0 Å². The number of hydrogen-bond donors (Lipinski definition) is 0. The van der Waals surface area contributed by atoms with Crippen LogP contribution < -0.4 is 0 Å². The minimum Gasteiger partial charge on any atom is -0.338 e. The first-order valence-corrected chi connectivity index (χ1v) is 8.93. The fraction of sp³-hybridized carbons (Fsp3) is 0.579. The number of nitrogens with zero attached hydrogens (tertiary/aromatic N) is 3. The molecule has 23 heavy (non-hydrogen) atoms. The third-order valence-corrected chi connectivity index (χ3v) is 5.03. The van der Waals surface area contributed by atoms with Crippen LogP contribution in [0, 0.1) is 11.8 Å². The van der Waals surface area contributed by atoms with Crippen LogP contribution in [-0.4, -0.2) is 21.6 Å². The third kappa shape index (κ3) is 4.20. The van der Waals surface area contributed by atoms with Crippen LogP contribution in [-0.2, 0) is 19.5 Å². The molecule has 0 unspecified atom stereocenters. The van der Waals surface area contributed by atoms with Gasteiger partial charge in [-0.15, -0.1) is 0 Å². The van der Waals surface area contributed by atoms with Crippen molar-refractivity contribution >= 4 is 0 Å². The van der Waals surface area contributed by atoms with Crippen molar-refractivity contribution in [2.45, 2.75) is 51.6 Å². The van der Waals surface area contributed by atoms with Gasteiger partial charge in [-0.2, -0.15) is 4.98 Å². The average molecular weight is 311 g/mol. The van der Waals surface area contributed by atoms with Crippen LogP contribution in [0.25, 0.3) is 0 Å². The van der Waals surface area contributed by atoms with E-state index in [-0.39, 0.29) is 0 Å². The molecule has 0 aliphatic heterocycles. The highest BCUT2D eigenvalue weighted by atomic mass is 16.5. The molecule has 1 aromatic heterocycles. The normalized spacial score (nSPS) is 18.3. The minimum atomic E-state index is 0.767. The summed E-state index contributed by atoms with van der Waals surface area (Å²) in [6.07, 6.45) is 7.75. The Morgan fingerprint density at radius 1 is 1.00 bits per heavy atom. The molecule has 2 aromatic rings. The maximum atomic E-state index is 5.49. The second kappa shape index (κ2) is 6.83. The predicted octanol–water partition coefficient (Wildman–Crippen LogP) is 3.82. The Morgan fingerprint density at radius 2 is 1.83 bits per heavy atom. The lowest BCUT2D eigenvalue weighted by atomic mass is 9.85. The molecule has 4 rings (SSSR count). The Morgan fingerprint density at radius 3 is 2.52 bits per heavy atom. The van der Waals surface area contributed by atoms with Crippen molar-refractivity contribution < 1.29 is 4.52 Å². The number of hydrogen-bond acceptors (Lipinski definition) is 4. The van der Waals surface area contributed by atoms with Crippen LogP contribution >= 0.6 is 0 Å². The maximum absolute atomic E-state index is 5.49. The molecule has 2 saturated carbocycles. The lowest BCUT2D eigenvalue weighted by molar-refractivity contribution is 0.149. The van der Waals surface area contributed by atoms with Crippen molar-refractivity contribution in [2.75, 3.05) is 6.54 Å². The van der Waals surface area contributed by atoms with Gasteiger partial charge in [-0.3, -0.25) is 4.90 Å². The zero-order valence-corrected chi connectivity index (χ0v) is 13.7. The van der Waals surface area contributed by atoms with Gasteiger partial charge in [-0.05, 0) is 43.1 Å². The van der Waals surface area contributed by atoms with E-state index in [1.165, 1.54) is 37.7 Å². The molecule has 1 heterocycles. The summed E-state index contributed by atoms with van der Waals surface area (Å²) in [4.78, 5) is 7.07. The van der Waals surface area contributed by atoms with Gasteiger partial charge in [0, 0.05) is 19.5 Å². The van der Waals surface area contributed by atoms with Crippen LogP contribution in [0.1, 0.15) is 49.4 Å². The fourth-order valence-electron chi connectivity index (χ4n) is 3.28. The molecule has 2 aliphatic rings. The van der Waals surface area contributed by atoms with Gasteiger partial charge in [-0.1, -0.05) is 41.9 Å². The van der Waals surface area contributed by atoms with Crippen LogP contribution in [0.2, 0.25) is 0 Å². The van der Waals surface area contributed by atoms with Crippen LogP contribution in [0.3, 0.4) is 0 Å². The van der Waals surface area contributed by atoms with Crippen molar-refractivity contribution in [3.05, 3.63) is 47.6 Å². The van der Waals surface area contributed by atoms with Gasteiger partial charge in [0.25, 0.3) is 0 Å². The van der Waals surface area contributed by atoms with Gasteiger partial charge in [0.1, 0.15) is 0 Å². The van der Waals surface area contributed by atoms with Gasteiger partial charge < -0.3 is 4.52 Å². The van der Waals surface area contributed by atoms with E-state index in [1.807, 2.05) is 0 Å². The predicted molar refractivity (Wildman–Crippen MR) is 88.6 cm³/mol. The molecule has 0 N–H and O–H groups in total. The topological polar surface area (TPSA) is 42.2 Å². The lowest BCUT2D eigenvalue weighted by Crippen LogP contribution is -2.32. The van der Waals surface area contributed by atoms with E-state index in [0.29, 0.717) is 0 Å². The second-order valence-electron chi connectivity index (χ2n) is 7.20. The zero-order chi connectivity index (χ0) is 15.5. The van der Waals surface area contributed by atoms with Gasteiger partial charge in [0.05, 0.1) is 6.54 Å². The van der Waals surface area contributed by atoms with Crippen LogP contribution in [0.15, 0.2) is 34.9 Å².